The van der Waals surface area contributed by atoms with Gasteiger partial charge in [0.2, 0.25) is 0 Å². The molecule has 1 heterocycles. The molecule has 2 aromatic rings. The van der Waals surface area contributed by atoms with Gasteiger partial charge in [-0.25, -0.2) is 14.4 Å². The molecule has 1 aliphatic heterocycles. The average molecular weight is 481 g/mol. The molecule has 2 aliphatic rings. The number of nitrogens with zero attached hydrogens (tertiary/aromatic N) is 2. The van der Waals surface area contributed by atoms with Crippen molar-refractivity contribution in [1.82, 2.24) is 9.80 Å². The van der Waals surface area contributed by atoms with Gasteiger partial charge in [-0.1, -0.05) is 55.5 Å². The van der Waals surface area contributed by atoms with Gasteiger partial charge in [0.15, 0.2) is 0 Å². The van der Waals surface area contributed by atoms with Gasteiger partial charge in [-0.3, -0.25) is 4.90 Å². The van der Waals surface area contributed by atoms with Gasteiger partial charge >= 0.3 is 18.2 Å². The van der Waals surface area contributed by atoms with Crippen molar-refractivity contribution in [2.75, 3.05) is 19.7 Å². The number of fused-ring (bicyclic) bond motifs is 3. The number of benzene rings is 2. The number of likely N-dealkylation sites (tertiary alicyclic amines) is 1. The predicted molar refractivity (Wildman–Crippen MR) is 130 cm³/mol. The van der Waals surface area contributed by atoms with Gasteiger partial charge in [0.1, 0.15) is 18.2 Å². The van der Waals surface area contributed by atoms with Gasteiger partial charge in [-0.2, -0.15) is 0 Å². The molecule has 35 heavy (non-hydrogen) atoms. The summed E-state index contributed by atoms with van der Waals surface area (Å²) in [6, 6.07) is 14.6. The normalized spacial score (nSPS) is 16.1. The smallest absolute Gasteiger partial charge is 0.410 e. The SMILES string of the molecule is CCC(C(=O)O)N(C(=O)OCC1c2ccccc2-c2ccccc21)C1CN(C(=O)OC(C)(C)C)C1. The highest BCUT2D eigenvalue weighted by atomic mass is 16.6. The number of amides is 2. The minimum atomic E-state index is -1.10. The van der Waals surface area contributed by atoms with Gasteiger partial charge in [-0.05, 0) is 49.4 Å². The zero-order chi connectivity index (χ0) is 25.3. The largest absolute Gasteiger partial charge is 0.480 e. The van der Waals surface area contributed by atoms with Crippen molar-refractivity contribution < 1.29 is 29.0 Å². The van der Waals surface area contributed by atoms with Crippen molar-refractivity contribution in [3.8, 4) is 11.1 Å². The molecule has 1 atom stereocenters. The summed E-state index contributed by atoms with van der Waals surface area (Å²) in [5.41, 5.74) is 3.76. The van der Waals surface area contributed by atoms with E-state index in [1.165, 1.54) is 9.80 Å². The molecule has 1 aliphatic carbocycles. The van der Waals surface area contributed by atoms with Crippen LogP contribution in [0.15, 0.2) is 48.5 Å². The lowest BCUT2D eigenvalue weighted by molar-refractivity contribution is -0.145. The fourth-order valence-electron chi connectivity index (χ4n) is 4.80. The minimum absolute atomic E-state index is 0.0991. The maximum atomic E-state index is 13.3. The molecule has 0 bridgehead atoms. The molecular formula is C27H32N2O6. The van der Waals surface area contributed by atoms with Crippen LogP contribution in [0.25, 0.3) is 11.1 Å². The van der Waals surface area contributed by atoms with Gasteiger partial charge < -0.3 is 19.5 Å². The summed E-state index contributed by atoms with van der Waals surface area (Å²) in [5.74, 6) is -1.23. The first-order valence-corrected chi connectivity index (χ1v) is 11.9. The summed E-state index contributed by atoms with van der Waals surface area (Å²) >= 11 is 0. The number of carbonyl (C=O) groups is 3. The molecule has 1 unspecified atom stereocenters. The highest BCUT2D eigenvalue weighted by Crippen LogP contribution is 2.44. The third-order valence-corrected chi connectivity index (χ3v) is 6.46. The van der Waals surface area contributed by atoms with Crippen LogP contribution in [0.4, 0.5) is 9.59 Å². The molecule has 4 rings (SSSR count). The van der Waals surface area contributed by atoms with Crippen molar-refractivity contribution in [2.45, 2.75) is 57.7 Å². The van der Waals surface area contributed by atoms with Crippen LogP contribution in [-0.4, -0.2) is 70.4 Å². The van der Waals surface area contributed by atoms with Crippen molar-refractivity contribution in [3.05, 3.63) is 59.7 Å². The van der Waals surface area contributed by atoms with Gasteiger partial charge in [-0.15, -0.1) is 0 Å². The first kappa shape index (κ1) is 24.6. The van der Waals surface area contributed by atoms with E-state index in [1.54, 1.807) is 27.7 Å². The summed E-state index contributed by atoms with van der Waals surface area (Å²) in [6.07, 6.45) is -0.942. The Balaban J connectivity index is 1.48. The maximum Gasteiger partial charge on any atom is 0.410 e. The maximum absolute atomic E-state index is 13.3. The van der Waals surface area contributed by atoms with Crippen molar-refractivity contribution in [2.24, 2.45) is 0 Å². The first-order chi connectivity index (χ1) is 16.6. The van der Waals surface area contributed by atoms with Crippen molar-refractivity contribution >= 4 is 18.2 Å². The summed E-state index contributed by atoms with van der Waals surface area (Å²) in [6.45, 7) is 7.55. The Morgan fingerprint density at radius 1 is 1.03 bits per heavy atom. The quantitative estimate of drug-likeness (QED) is 0.643. The molecule has 1 N–H and O–H groups in total. The summed E-state index contributed by atoms with van der Waals surface area (Å²) in [7, 11) is 0. The summed E-state index contributed by atoms with van der Waals surface area (Å²) in [4.78, 5) is 40.3. The van der Waals surface area contributed by atoms with Crippen molar-refractivity contribution in [1.29, 1.82) is 0 Å². The monoisotopic (exact) mass is 480 g/mol. The topological polar surface area (TPSA) is 96.4 Å². The molecule has 1 saturated heterocycles. The van der Waals surface area contributed by atoms with Crippen LogP contribution >= 0.6 is 0 Å². The minimum Gasteiger partial charge on any atom is -0.480 e. The predicted octanol–water partition coefficient (Wildman–Crippen LogP) is 4.72. The Kier molecular flexibility index (Phi) is 6.74. The number of rotatable bonds is 6. The lowest BCUT2D eigenvalue weighted by atomic mass is 9.98. The fourth-order valence-corrected chi connectivity index (χ4v) is 4.80. The van der Waals surface area contributed by atoms with Crippen LogP contribution in [0.1, 0.15) is 51.2 Å². The van der Waals surface area contributed by atoms with Crippen molar-refractivity contribution in [3.63, 3.8) is 0 Å². The van der Waals surface area contributed by atoms with E-state index < -0.39 is 35.8 Å². The second-order valence-corrected chi connectivity index (χ2v) is 10.0. The van der Waals surface area contributed by atoms with E-state index in [0.29, 0.717) is 0 Å². The molecule has 2 amide bonds. The van der Waals surface area contributed by atoms with E-state index in [-0.39, 0.29) is 32.0 Å². The lowest BCUT2D eigenvalue weighted by Gasteiger charge is -2.46. The van der Waals surface area contributed by atoms with Gasteiger partial charge in [0, 0.05) is 19.0 Å². The van der Waals surface area contributed by atoms with Crippen LogP contribution in [-0.2, 0) is 14.3 Å². The van der Waals surface area contributed by atoms with Crippen LogP contribution in [0.5, 0.6) is 0 Å². The van der Waals surface area contributed by atoms with Gasteiger partial charge in [0.05, 0.1) is 6.04 Å². The standard InChI is InChI=1S/C27H32N2O6/c1-5-23(24(30)31)29(17-14-28(15-17)25(32)35-27(2,3)4)26(33)34-16-22-20-12-8-6-10-18(20)19-11-7-9-13-21(19)22/h6-13,17,22-23H,5,14-16H2,1-4H3,(H,30,31). The number of hydrogen-bond acceptors (Lipinski definition) is 5. The van der Waals surface area contributed by atoms with E-state index in [4.69, 9.17) is 9.47 Å². The first-order valence-electron chi connectivity index (χ1n) is 11.9. The van der Waals surface area contributed by atoms with E-state index in [2.05, 4.69) is 12.1 Å². The number of hydrogen-bond donors (Lipinski definition) is 1. The number of carboxylic acid groups (broad SMARTS) is 1. The number of carbonyl (C=O) groups excluding carboxylic acids is 2. The Bertz CT molecular complexity index is 1070. The molecule has 0 saturated carbocycles. The van der Waals surface area contributed by atoms with E-state index >= 15 is 0 Å². The Morgan fingerprint density at radius 3 is 2.06 bits per heavy atom. The van der Waals surface area contributed by atoms with E-state index in [9.17, 15) is 19.5 Å². The highest BCUT2D eigenvalue weighted by Gasteiger charge is 2.44. The second-order valence-electron chi connectivity index (χ2n) is 10.0. The number of ether oxygens (including phenoxy) is 2. The molecule has 1 fully saturated rings. The molecular weight excluding hydrogens is 448 g/mol. The van der Waals surface area contributed by atoms with Crippen LogP contribution < -0.4 is 0 Å². The summed E-state index contributed by atoms with van der Waals surface area (Å²) < 4.78 is 11.1. The lowest BCUT2D eigenvalue weighted by Crippen LogP contribution is -2.66. The molecule has 8 nitrogen and oxygen atoms in total. The third kappa shape index (κ3) is 4.97. The van der Waals surface area contributed by atoms with Crippen LogP contribution in [0.3, 0.4) is 0 Å². The summed E-state index contributed by atoms with van der Waals surface area (Å²) in [5, 5.41) is 9.77. The average Bonchev–Trinajstić information content (AvgIpc) is 3.08. The van der Waals surface area contributed by atoms with Crippen LogP contribution in [0, 0.1) is 0 Å². The zero-order valence-electron chi connectivity index (χ0n) is 20.6. The van der Waals surface area contributed by atoms with E-state index in [1.807, 2.05) is 36.4 Å². The Labute approximate surface area is 205 Å². The third-order valence-electron chi connectivity index (χ3n) is 6.46. The molecule has 186 valence electrons. The molecule has 8 heteroatoms. The molecule has 0 spiro atoms. The van der Waals surface area contributed by atoms with E-state index in [0.717, 1.165) is 22.3 Å². The number of aliphatic carboxylic acids is 1. The second kappa shape index (κ2) is 9.60. The fraction of sp³-hybridized carbons (Fsp3) is 0.444. The molecule has 0 aromatic heterocycles. The van der Waals surface area contributed by atoms with Gasteiger partial charge in [0.25, 0.3) is 0 Å². The number of carboxylic acids is 1. The zero-order valence-corrected chi connectivity index (χ0v) is 20.6. The highest BCUT2D eigenvalue weighted by molar-refractivity contribution is 5.82. The van der Waals surface area contributed by atoms with Crippen LogP contribution in [0.2, 0.25) is 0 Å². The molecule has 2 aromatic carbocycles. The Hall–Kier alpha value is -3.55. The molecule has 0 radical (unpaired) electrons. The Morgan fingerprint density at radius 2 is 1.57 bits per heavy atom.